The van der Waals surface area contributed by atoms with Crippen LogP contribution in [0.1, 0.15) is 23.2 Å². The predicted octanol–water partition coefficient (Wildman–Crippen LogP) is 2.05. The molecule has 1 unspecified atom stereocenters. The van der Waals surface area contributed by atoms with Gasteiger partial charge in [0.25, 0.3) is 5.91 Å². The van der Waals surface area contributed by atoms with E-state index in [-0.39, 0.29) is 11.5 Å². The van der Waals surface area contributed by atoms with Gasteiger partial charge in [0.05, 0.1) is 24.0 Å². The minimum absolute atomic E-state index is 0.0501. The van der Waals surface area contributed by atoms with Crippen LogP contribution in [0.5, 0.6) is 0 Å². The molecule has 1 saturated carbocycles. The molecule has 1 aliphatic carbocycles. The second kappa shape index (κ2) is 7.85. The highest BCUT2D eigenvalue weighted by molar-refractivity contribution is 5.95. The van der Waals surface area contributed by atoms with Crippen molar-refractivity contribution in [3.63, 3.8) is 0 Å². The number of amides is 1. The molecule has 2 N–H and O–H groups in total. The first-order valence-corrected chi connectivity index (χ1v) is 9.10. The largest absolute Gasteiger partial charge is 0.391 e. The van der Waals surface area contributed by atoms with E-state index in [0.717, 1.165) is 6.54 Å². The molecule has 3 aromatic rings. The second-order valence-electron chi connectivity index (χ2n) is 7.07. The number of benzene rings is 1. The molecule has 1 aromatic carbocycles. The Morgan fingerprint density at radius 3 is 2.75 bits per heavy atom. The molecule has 0 radical (unpaired) electrons. The minimum Gasteiger partial charge on any atom is -0.391 e. The van der Waals surface area contributed by atoms with Crippen LogP contribution in [0.25, 0.3) is 11.1 Å². The van der Waals surface area contributed by atoms with E-state index in [1.807, 2.05) is 10.8 Å². The van der Waals surface area contributed by atoms with E-state index in [9.17, 15) is 14.3 Å². The van der Waals surface area contributed by atoms with Gasteiger partial charge < -0.3 is 15.0 Å². The smallest absolute Gasteiger partial charge is 0.254 e. The van der Waals surface area contributed by atoms with Gasteiger partial charge in [-0.3, -0.25) is 4.79 Å². The number of nitrogens with zero attached hydrogens (tertiary/aromatic N) is 4. The van der Waals surface area contributed by atoms with Crippen LogP contribution in [0.15, 0.2) is 55.6 Å². The predicted molar refractivity (Wildman–Crippen MR) is 99.6 cm³/mol. The van der Waals surface area contributed by atoms with Crippen molar-refractivity contribution in [3.8, 4) is 11.1 Å². The number of nitrogens with one attached hydrogen (secondary N) is 1. The van der Waals surface area contributed by atoms with E-state index in [2.05, 4.69) is 20.3 Å². The standard InChI is InChI=1S/C20H20FN5O2/c21-17-7-14(15-8-23-11-24-9-15)1-2-16(17)20(28)25-18-5-13(6-19(18)27)10-26-4-3-22-12-26/h1-4,7-9,11-13,18-19,27H,5-6,10H2,(H,25,28)/t13?,18-,19-/m1/s1. The van der Waals surface area contributed by atoms with Gasteiger partial charge in [0.15, 0.2) is 0 Å². The molecule has 7 nitrogen and oxygen atoms in total. The van der Waals surface area contributed by atoms with E-state index in [4.69, 9.17) is 0 Å². The monoisotopic (exact) mass is 381 g/mol. The first-order chi connectivity index (χ1) is 13.6. The van der Waals surface area contributed by atoms with E-state index >= 15 is 0 Å². The van der Waals surface area contributed by atoms with E-state index in [1.165, 1.54) is 18.5 Å². The maximum Gasteiger partial charge on any atom is 0.254 e. The molecule has 1 aliphatic rings. The maximum atomic E-state index is 14.5. The lowest BCUT2D eigenvalue weighted by Crippen LogP contribution is -2.40. The van der Waals surface area contributed by atoms with Crippen molar-refractivity contribution in [1.82, 2.24) is 24.8 Å². The Labute approximate surface area is 161 Å². The van der Waals surface area contributed by atoms with Crippen LogP contribution in [0, 0.1) is 11.7 Å². The summed E-state index contributed by atoms with van der Waals surface area (Å²) in [6.07, 6.45) is 10.4. The Bertz CT molecular complexity index is 948. The number of aliphatic hydroxyl groups excluding tert-OH is 1. The highest BCUT2D eigenvalue weighted by atomic mass is 19.1. The number of aliphatic hydroxyl groups is 1. The second-order valence-corrected chi connectivity index (χ2v) is 7.07. The third-order valence-corrected chi connectivity index (χ3v) is 5.08. The first kappa shape index (κ1) is 18.2. The molecular formula is C20H20FN5O2. The quantitative estimate of drug-likeness (QED) is 0.706. The molecule has 0 bridgehead atoms. The van der Waals surface area contributed by atoms with Gasteiger partial charge in [-0.15, -0.1) is 0 Å². The van der Waals surface area contributed by atoms with Gasteiger partial charge in [0.2, 0.25) is 0 Å². The number of halogens is 1. The van der Waals surface area contributed by atoms with Crippen molar-refractivity contribution >= 4 is 5.91 Å². The van der Waals surface area contributed by atoms with Gasteiger partial charge >= 0.3 is 0 Å². The zero-order chi connectivity index (χ0) is 19.5. The molecule has 144 valence electrons. The normalized spacial score (nSPS) is 21.6. The summed E-state index contributed by atoms with van der Waals surface area (Å²) in [5.74, 6) is -0.929. The fourth-order valence-electron chi connectivity index (χ4n) is 3.69. The lowest BCUT2D eigenvalue weighted by molar-refractivity contribution is 0.0869. The van der Waals surface area contributed by atoms with Crippen LogP contribution in [-0.2, 0) is 6.54 Å². The summed E-state index contributed by atoms with van der Waals surface area (Å²) in [5, 5.41) is 13.1. The summed E-state index contributed by atoms with van der Waals surface area (Å²) in [5.41, 5.74) is 1.21. The Kier molecular flexibility index (Phi) is 5.12. The van der Waals surface area contributed by atoms with E-state index < -0.39 is 23.9 Å². The number of imidazole rings is 1. The average molecular weight is 381 g/mol. The lowest BCUT2D eigenvalue weighted by atomic mass is 10.0. The summed E-state index contributed by atoms with van der Waals surface area (Å²) in [7, 11) is 0. The highest BCUT2D eigenvalue weighted by Gasteiger charge is 2.34. The van der Waals surface area contributed by atoms with E-state index in [0.29, 0.717) is 24.0 Å². The van der Waals surface area contributed by atoms with Gasteiger partial charge in [-0.1, -0.05) is 6.07 Å². The number of rotatable bonds is 5. The SMILES string of the molecule is O=C(N[C@@H]1CC(Cn2ccnc2)C[C@H]1O)c1ccc(-c2cncnc2)cc1F. The number of hydrogen-bond donors (Lipinski definition) is 2. The van der Waals surface area contributed by atoms with Crippen molar-refractivity contribution in [1.29, 1.82) is 0 Å². The molecule has 4 rings (SSSR count). The minimum atomic E-state index is -0.652. The Balaban J connectivity index is 1.42. The number of carbonyl (C=O) groups is 1. The van der Waals surface area contributed by atoms with Gasteiger partial charge in [-0.2, -0.15) is 0 Å². The summed E-state index contributed by atoms with van der Waals surface area (Å²) in [6, 6.07) is 3.99. The van der Waals surface area contributed by atoms with E-state index in [1.54, 1.807) is 31.0 Å². The number of aromatic nitrogens is 4. The molecule has 0 aliphatic heterocycles. The fourth-order valence-corrected chi connectivity index (χ4v) is 3.69. The topological polar surface area (TPSA) is 92.9 Å². The maximum absolute atomic E-state index is 14.5. The summed E-state index contributed by atoms with van der Waals surface area (Å²) >= 11 is 0. The number of hydrogen-bond acceptors (Lipinski definition) is 5. The molecule has 1 amide bonds. The molecule has 0 spiro atoms. The van der Waals surface area contributed by atoms with Gasteiger partial charge in [-0.25, -0.2) is 19.3 Å². The molecular weight excluding hydrogens is 361 g/mol. The molecule has 2 aromatic heterocycles. The Hall–Kier alpha value is -3.13. The lowest BCUT2D eigenvalue weighted by Gasteiger charge is -2.17. The molecule has 3 atom stereocenters. The van der Waals surface area contributed by atoms with Crippen LogP contribution < -0.4 is 5.32 Å². The van der Waals surface area contributed by atoms with Crippen molar-refractivity contribution < 1.29 is 14.3 Å². The third kappa shape index (κ3) is 3.91. The van der Waals surface area contributed by atoms with Gasteiger partial charge in [0, 0.05) is 36.9 Å². The zero-order valence-corrected chi connectivity index (χ0v) is 15.1. The van der Waals surface area contributed by atoms with Crippen LogP contribution in [0.2, 0.25) is 0 Å². The Morgan fingerprint density at radius 1 is 1.21 bits per heavy atom. The fraction of sp³-hybridized carbons (Fsp3) is 0.300. The van der Waals surface area contributed by atoms with Crippen molar-refractivity contribution in [2.24, 2.45) is 5.92 Å². The van der Waals surface area contributed by atoms with Crippen LogP contribution in [-0.4, -0.2) is 42.7 Å². The molecule has 8 heteroatoms. The van der Waals surface area contributed by atoms with Crippen molar-refractivity contribution in [3.05, 3.63) is 67.0 Å². The molecule has 1 fully saturated rings. The number of carbonyl (C=O) groups excluding carboxylic acids is 1. The molecule has 2 heterocycles. The Morgan fingerprint density at radius 2 is 2.04 bits per heavy atom. The molecule has 28 heavy (non-hydrogen) atoms. The van der Waals surface area contributed by atoms with Crippen molar-refractivity contribution in [2.75, 3.05) is 0 Å². The molecule has 0 saturated heterocycles. The zero-order valence-electron chi connectivity index (χ0n) is 15.1. The highest BCUT2D eigenvalue weighted by Crippen LogP contribution is 2.28. The van der Waals surface area contributed by atoms with Crippen molar-refractivity contribution in [2.45, 2.75) is 31.5 Å². The van der Waals surface area contributed by atoms with Crippen LogP contribution in [0.4, 0.5) is 4.39 Å². The average Bonchev–Trinajstić information content (AvgIpc) is 3.32. The van der Waals surface area contributed by atoms with Gasteiger partial charge in [0.1, 0.15) is 12.1 Å². The summed E-state index contributed by atoms with van der Waals surface area (Å²) in [4.78, 5) is 24.4. The summed E-state index contributed by atoms with van der Waals surface area (Å²) in [6.45, 7) is 0.728. The van der Waals surface area contributed by atoms with Crippen LogP contribution >= 0.6 is 0 Å². The van der Waals surface area contributed by atoms with Crippen LogP contribution in [0.3, 0.4) is 0 Å². The third-order valence-electron chi connectivity index (χ3n) is 5.08. The van der Waals surface area contributed by atoms with Gasteiger partial charge in [-0.05, 0) is 36.5 Å². The first-order valence-electron chi connectivity index (χ1n) is 9.10. The summed E-state index contributed by atoms with van der Waals surface area (Å²) < 4.78 is 16.5.